The van der Waals surface area contributed by atoms with Crippen LogP contribution in [0, 0.1) is 0 Å². The molecule has 31 heavy (non-hydrogen) atoms. The van der Waals surface area contributed by atoms with Crippen molar-refractivity contribution < 1.29 is 14.3 Å². The van der Waals surface area contributed by atoms with Gasteiger partial charge in [-0.3, -0.25) is 15.0 Å². The minimum absolute atomic E-state index is 0.119. The molecule has 1 fully saturated rings. The molecule has 0 aliphatic carbocycles. The van der Waals surface area contributed by atoms with Gasteiger partial charge in [-0.05, 0) is 57.2 Å². The molecule has 0 radical (unpaired) electrons. The highest BCUT2D eigenvalue weighted by Gasteiger charge is 2.18. The minimum Gasteiger partial charge on any atom is -0.444 e. The summed E-state index contributed by atoms with van der Waals surface area (Å²) >= 11 is 0. The van der Waals surface area contributed by atoms with E-state index in [9.17, 15) is 9.59 Å². The second kappa shape index (κ2) is 10.3. The molecule has 1 aliphatic rings. The summed E-state index contributed by atoms with van der Waals surface area (Å²) in [4.78, 5) is 29.0. The second-order valence-corrected chi connectivity index (χ2v) is 8.62. The van der Waals surface area contributed by atoms with Crippen molar-refractivity contribution in [2.75, 3.05) is 49.5 Å². The summed E-state index contributed by atoms with van der Waals surface area (Å²) < 4.78 is 5.22. The van der Waals surface area contributed by atoms with E-state index in [-0.39, 0.29) is 5.91 Å². The number of para-hydroxylation sites is 1. The Balaban J connectivity index is 1.38. The van der Waals surface area contributed by atoms with Gasteiger partial charge >= 0.3 is 6.09 Å². The lowest BCUT2D eigenvalue weighted by molar-refractivity contribution is 0.0635. The van der Waals surface area contributed by atoms with Gasteiger partial charge in [0.05, 0.1) is 0 Å². The maximum atomic E-state index is 12.4. The molecule has 0 bridgehead atoms. The maximum absolute atomic E-state index is 12.4. The number of benzene rings is 2. The van der Waals surface area contributed by atoms with E-state index in [2.05, 4.69) is 44.7 Å². The number of carbonyl (C=O) groups is 2. The average molecular weight is 425 g/mol. The fraction of sp³-hybridized carbons (Fsp3) is 0.417. The van der Waals surface area contributed by atoms with Crippen molar-refractivity contribution in [1.82, 2.24) is 10.2 Å². The number of ether oxygens (including phenoxy) is 1. The van der Waals surface area contributed by atoms with E-state index in [1.807, 2.05) is 26.8 Å². The molecule has 1 aliphatic heterocycles. The zero-order valence-corrected chi connectivity index (χ0v) is 18.6. The Hall–Kier alpha value is -3.06. The monoisotopic (exact) mass is 424 g/mol. The van der Waals surface area contributed by atoms with E-state index in [0.717, 1.165) is 32.7 Å². The molecule has 2 aromatic carbocycles. The first-order chi connectivity index (χ1) is 14.8. The molecule has 3 rings (SSSR count). The average Bonchev–Trinajstić information content (AvgIpc) is 2.74. The highest BCUT2D eigenvalue weighted by Crippen LogP contribution is 2.15. The van der Waals surface area contributed by atoms with Crippen LogP contribution in [0.15, 0.2) is 54.6 Å². The van der Waals surface area contributed by atoms with Crippen LogP contribution in [0.1, 0.15) is 31.1 Å². The summed E-state index contributed by atoms with van der Waals surface area (Å²) in [5.74, 6) is -0.119. The van der Waals surface area contributed by atoms with Gasteiger partial charge in [-0.2, -0.15) is 0 Å². The largest absolute Gasteiger partial charge is 0.444 e. The highest BCUT2D eigenvalue weighted by molar-refractivity contribution is 5.95. The minimum atomic E-state index is -0.557. The number of rotatable bonds is 6. The van der Waals surface area contributed by atoms with Gasteiger partial charge in [-0.25, -0.2) is 4.79 Å². The van der Waals surface area contributed by atoms with E-state index >= 15 is 0 Å². The Bertz CT molecular complexity index is 855. The van der Waals surface area contributed by atoms with Crippen LogP contribution in [0.3, 0.4) is 0 Å². The number of hydrogen-bond acceptors (Lipinski definition) is 5. The predicted molar refractivity (Wildman–Crippen MR) is 124 cm³/mol. The van der Waals surface area contributed by atoms with Crippen LogP contribution in [-0.4, -0.2) is 61.8 Å². The molecule has 0 saturated carbocycles. The molecule has 2 aromatic rings. The number of hydrogen-bond donors (Lipinski definition) is 2. The predicted octanol–water partition coefficient (Wildman–Crippen LogP) is 3.59. The van der Waals surface area contributed by atoms with Crippen LogP contribution < -0.4 is 15.5 Å². The standard InChI is InChI=1S/C24H32N4O3/c1-24(2,3)31-23(30)26-20-11-9-19(10-12-20)22(29)25-13-14-27-15-17-28(18-16-27)21-7-5-4-6-8-21/h4-12H,13-18H2,1-3H3,(H,25,29)(H,26,30). The third-order valence-corrected chi connectivity index (χ3v) is 5.00. The van der Waals surface area contributed by atoms with Crippen molar-refractivity contribution in [3.63, 3.8) is 0 Å². The number of piperazine rings is 1. The van der Waals surface area contributed by atoms with Crippen molar-refractivity contribution in [2.45, 2.75) is 26.4 Å². The first kappa shape index (κ1) is 22.6. The van der Waals surface area contributed by atoms with Crippen LogP contribution in [0.2, 0.25) is 0 Å². The van der Waals surface area contributed by atoms with Crippen LogP contribution in [0.4, 0.5) is 16.2 Å². The van der Waals surface area contributed by atoms with Gasteiger partial charge in [0.15, 0.2) is 0 Å². The van der Waals surface area contributed by atoms with Gasteiger partial charge in [0.2, 0.25) is 0 Å². The normalized spacial score (nSPS) is 14.7. The van der Waals surface area contributed by atoms with Crippen LogP contribution in [-0.2, 0) is 4.74 Å². The molecular formula is C24H32N4O3. The molecule has 2 amide bonds. The summed E-state index contributed by atoms with van der Waals surface area (Å²) in [5.41, 5.74) is 1.85. The lowest BCUT2D eigenvalue weighted by Crippen LogP contribution is -2.48. The topological polar surface area (TPSA) is 73.9 Å². The van der Waals surface area contributed by atoms with Gasteiger partial charge in [-0.1, -0.05) is 18.2 Å². The molecule has 0 aromatic heterocycles. The van der Waals surface area contributed by atoms with Crippen molar-refractivity contribution in [3.8, 4) is 0 Å². The van der Waals surface area contributed by atoms with Crippen molar-refractivity contribution in [2.24, 2.45) is 0 Å². The highest BCUT2D eigenvalue weighted by atomic mass is 16.6. The summed E-state index contributed by atoms with van der Waals surface area (Å²) in [6.07, 6.45) is -0.517. The molecule has 7 heteroatoms. The Labute approximate surface area is 184 Å². The lowest BCUT2D eigenvalue weighted by Gasteiger charge is -2.36. The van der Waals surface area contributed by atoms with Crippen molar-refractivity contribution >= 4 is 23.4 Å². The SMILES string of the molecule is CC(C)(C)OC(=O)Nc1ccc(C(=O)NCCN2CCN(c3ccccc3)CC2)cc1. The fourth-order valence-electron chi connectivity index (χ4n) is 3.42. The van der Waals surface area contributed by atoms with Crippen LogP contribution in [0.5, 0.6) is 0 Å². The van der Waals surface area contributed by atoms with Gasteiger partial charge < -0.3 is 15.0 Å². The first-order valence-electron chi connectivity index (χ1n) is 10.7. The smallest absolute Gasteiger partial charge is 0.412 e. The second-order valence-electron chi connectivity index (χ2n) is 8.62. The summed E-state index contributed by atoms with van der Waals surface area (Å²) in [7, 11) is 0. The van der Waals surface area contributed by atoms with E-state index in [1.165, 1.54) is 5.69 Å². The Morgan fingerprint density at radius 2 is 1.58 bits per heavy atom. The molecule has 7 nitrogen and oxygen atoms in total. The van der Waals surface area contributed by atoms with Crippen LogP contribution in [0.25, 0.3) is 0 Å². The first-order valence-corrected chi connectivity index (χ1v) is 10.7. The Morgan fingerprint density at radius 1 is 0.935 bits per heavy atom. The number of carbonyl (C=O) groups excluding carboxylic acids is 2. The third-order valence-electron chi connectivity index (χ3n) is 5.00. The number of anilines is 2. The quantitative estimate of drug-likeness (QED) is 0.741. The number of nitrogens with one attached hydrogen (secondary N) is 2. The Kier molecular flexibility index (Phi) is 7.52. The zero-order chi connectivity index (χ0) is 22.3. The van der Waals surface area contributed by atoms with Gasteiger partial charge in [0.1, 0.15) is 5.60 Å². The van der Waals surface area contributed by atoms with Gasteiger partial charge in [0, 0.05) is 56.2 Å². The molecule has 0 atom stereocenters. The molecule has 1 saturated heterocycles. The molecule has 0 unspecified atom stereocenters. The van der Waals surface area contributed by atoms with Gasteiger partial charge in [-0.15, -0.1) is 0 Å². The number of amides is 2. The lowest BCUT2D eigenvalue weighted by atomic mass is 10.2. The van der Waals surface area contributed by atoms with Crippen molar-refractivity contribution in [1.29, 1.82) is 0 Å². The van der Waals surface area contributed by atoms with E-state index in [0.29, 0.717) is 17.8 Å². The maximum Gasteiger partial charge on any atom is 0.412 e. The van der Waals surface area contributed by atoms with E-state index in [1.54, 1.807) is 24.3 Å². The number of nitrogens with zero attached hydrogens (tertiary/aromatic N) is 2. The van der Waals surface area contributed by atoms with E-state index < -0.39 is 11.7 Å². The molecular weight excluding hydrogens is 392 g/mol. The molecule has 0 spiro atoms. The fourth-order valence-corrected chi connectivity index (χ4v) is 3.42. The summed E-state index contributed by atoms with van der Waals surface area (Å²) in [6.45, 7) is 10.8. The van der Waals surface area contributed by atoms with Gasteiger partial charge in [0.25, 0.3) is 5.91 Å². The molecule has 166 valence electrons. The van der Waals surface area contributed by atoms with Crippen molar-refractivity contribution in [3.05, 3.63) is 60.2 Å². The summed E-state index contributed by atoms with van der Waals surface area (Å²) in [6, 6.07) is 17.2. The summed E-state index contributed by atoms with van der Waals surface area (Å²) in [5, 5.41) is 5.64. The van der Waals surface area contributed by atoms with Crippen LogP contribution >= 0.6 is 0 Å². The Morgan fingerprint density at radius 3 is 2.19 bits per heavy atom. The van der Waals surface area contributed by atoms with E-state index in [4.69, 9.17) is 4.74 Å². The molecule has 2 N–H and O–H groups in total. The zero-order valence-electron chi connectivity index (χ0n) is 18.6. The third kappa shape index (κ3) is 7.29. The molecule has 1 heterocycles.